The van der Waals surface area contributed by atoms with E-state index in [1.165, 1.54) is 42.5 Å². The van der Waals surface area contributed by atoms with E-state index in [9.17, 15) is 0 Å². The molecule has 6 nitrogen and oxygen atoms in total. The molecule has 0 fully saturated rings. The smallest absolute Gasteiger partial charge is 0.250 e. The Morgan fingerprint density at radius 2 is 1.49 bits per heavy atom. The van der Waals surface area contributed by atoms with Gasteiger partial charge in [0.2, 0.25) is 7.59 Å². The number of fused-ring (bicyclic) bond motifs is 1. The zero-order valence-electron chi connectivity index (χ0n) is 29.1. The third-order valence-corrected chi connectivity index (χ3v) is 9.15. The summed E-state index contributed by atoms with van der Waals surface area (Å²) in [7, 11) is 0. The Labute approximate surface area is 321 Å². The number of anilines is 1. The van der Waals surface area contributed by atoms with E-state index in [4.69, 9.17) is 74.6 Å². The maximum absolute atomic E-state index is 6.03. The van der Waals surface area contributed by atoms with Crippen LogP contribution in [0.15, 0.2) is 53.6 Å². The predicted octanol–water partition coefficient (Wildman–Crippen LogP) is 12.3. The Morgan fingerprint density at radius 1 is 0.857 bits per heavy atom. The summed E-state index contributed by atoms with van der Waals surface area (Å²) in [6.45, 7) is 16.6. The number of hydrogen-bond donors (Lipinski definition) is 0. The third kappa shape index (κ3) is 11.6. The van der Waals surface area contributed by atoms with Crippen molar-refractivity contribution in [3.63, 3.8) is 0 Å². The highest BCUT2D eigenvalue weighted by atomic mass is 35.6. The summed E-state index contributed by atoms with van der Waals surface area (Å²) in [4.78, 5) is 20.1. The molecule has 0 unspecified atom stereocenters. The Balaban J connectivity index is 1.65. The maximum Gasteiger partial charge on any atom is 0.250 e. The number of imidazole rings is 1. The van der Waals surface area contributed by atoms with E-state index in [0.29, 0.717) is 5.92 Å². The molecule has 1 aliphatic rings. The lowest BCUT2D eigenvalue weighted by Gasteiger charge is -2.30. The van der Waals surface area contributed by atoms with Crippen LogP contribution in [0.25, 0.3) is 23.2 Å². The Hall–Kier alpha value is -1.80. The van der Waals surface area contributed by atoms with Gasteiger partial charge in [0.05, 0.1) is 11.0 Å². The standard InChI is InChI=1S/C37H46Cl6N6/c1-7-9-18-48(19-10-8-2)28-15-16-29-30(21-28)49(24-25(3)4)32(44-29)17-14-27-20-26(22-35(5,6)23-27)12-11-13-31-45-33(36(38,39)40)47-34(46-31)37(41,42)43/h11-17,20-21,25H,7-10,18-19,22-24H2,1-6H3/b13-11+,17-14+,26-12-. The summed E-state index contributed by atoms with van der Waals surface area (Å²) < 4.78 is -1.45. The normalized spacial score (nSPS) is 16.5. The van der Waals surface area contributed by atoms with Gasteiger partial charge in [-0.05, 0) is 78.5 Å². The first-order valence-electron chi connectivity index (χ1n) is 16.9. The van der Waals surface area contributed by atoms with Crippen molar-refractivity contribution >= 4 is 98.5 Å². The van der Waals surface area contributed by atoms with E-state index in [1.54, 1.807) is 6.08 Å². The van der Waals surface area contributed by atoms with Crippen molar-refractivity contribution in [2.45, 2.75) is 94.2 Å². The molecule has 266 valence electrons. The van der Waals surface area contributed by atoms with Crippen molar-refractivity contribution in [2.75, 3.05) is 18.0 Å². The van der Waals surface area contributed by atoms with Gasteiger partial charge in [0.1, 0.15) is 5.82 Å². The number of halogens is 6. The van der Waals surface area contributed by atoms with E-state index in [0.717, 1.165) is 49.4 Å². The second kappa shape index (κ2) is 17.1. The van der Waals surface area contributed by atoms with E-state index < -0.39 is 7.59 Å². The number of nitrogens with zero attached hydrogens (tertiary/aromatic N) is 6. The second-order valence-corrected chi connectivity index (χ2v) is 18.4. The van der Waals surface area contributed by atoms with Crippen molar-refractivity contribution in [2.24, 2.45) is 11.3 Å². The highest BCUT2D eigenvalue weighted by Crippen LogP contribution is 2.41. The molecule has 2 heterocycles. The summed E-state index contributed by atoms with van der Waals surface area (Å²) >= 11 is 36.2. The van der Waals surface area contributed by atoms with Gasteiger partial charge in [-0.1, -0.05) is 148 Å². The molecule has 3 aromatic rings. The number of aromatic nitrogens is 5. The minimum absolute atomic E-state index is 0.0555. The van der Waals surface area contributed by atoms with Crippen LogP contribution < -0.4 is 4.90 Å². The summed E-state index contributed by atoms with van der Waals surface area (Å²) in [5.41, 5.74) is 5.92. The molecule has 49 heavy (non-hydrogen) atoms. The summed E-state index contributed by atoms with van der Waals surface area (Å²) in [5.74, 6) is 1.39. The van der Waals surface area contributed by atoms with Crippen LogP contribution in [0.2, 0.25) is 0 Å². The van der Waals surface area contributed by atoms with Crippen LogP contribution in [0.1, 0.15) is 103 Å². The van der Waals surface area contributed by atoms with Crippen LogP contribution in [0.5, 0.6) is 0 Å². The first kappa shape index (κ1) is 40.0. The van der Waals surface area contributed by atoms with E-state index in [1.807, 2.05) is 12.2 Å². The molecule has 0 amide bonds. The number of benzene rings is 1. The van der Waals surface area contributed by atoms with Crippen molar-refractivity contribution in [3.05, 3.63) is 76.9 Å². The van der Waals surface area contributed by atoms with Crippen molar-refractivity contribution in [1.82, 2.24) is 24.5 Å². The Morgan fingerprint density at radius 3 is 2.06 bits per heavy atom. The zero-order chi connectivity index (χ0) is 36.0. The molecule has 0 aliphatic heterocycles. The first-order chi connectivity index (χ1) is 23.0. The number of unbranched alkanes of at least 4 members (excludes halogenated alkanes) is 2. The van der Waals surface area contributed by atoms with Crippen LogP contribution in [0.4, 0.5) is 5.69 Å². The molecule has 0 saturated heterocycles. The predicted molar refractivity (Wildman–Crippen MR) is 212 cm³/mol. The van der Waals surface area contributed by atoms with Gasteiger partial charge in [-0.15, -0.1) is 0 Å². The van der Waals surface area contributed by atoms with Crippen LogP contribution in [-0.4, -0.2) is 37.6 Å². The largest absolute Gasteiger partial charge is 0.371 e. The fourth-order valence-electron chi connectivity index (χ4n) is 5.96. The number of alkyl halides is 6. The highest BCUT2D eigenvalue weighted by molar-refractivity contribution is 6.67. The fraction of sp³-hybridized carbons (Fsp3) is 0.514. The molecule has 0 saturated carbocycles. The lowest BCUT2D eigenvalue weighted by Crippen LogP contribution is -2.25. The minimum atomic E-state index is -1.91. The molecule has 2 aromatic heterocycles. The zero-order valence-corrected chi connectivity index (χ0v) is 33.6. The fourth-order valence-corrected chi connectivity index (χ4v) is 6.47. The van der Waals surface area contributed by atoms with Crippen molar-refractivity contribution in [3.8, 4) is 0 Å². The van der Waals surface area contributed by atoms with Crippen LogP contribution >= 0.6 is 69.6 Å². The second-order valence-electron chi connectivity index (χ2n) is 13.8. The summed E-state index contributed by atoms with van der Waals surface area (Å²) in [6.07, 6.45) is 18.7. The van der Waals surface area contributed by atoms with Gasteiger partial charge in [0.15, 0.2) is 17.5 Å². The molecular formula is C37H46Cl6N6. The van der Waals surface area contributed by atoms with Crippen molar-refractivity contribution < 1.29 is 0 Å². The van der Waals surface area contributed by atoms with Crippen LogP contribution in [-0.2, 0) is 14.1 Å². The van der Waals surface area contributed by atoms with E-state index >= 15 is 0 Å². The first-order valence-corrected chi connectivity index (χ1v) is 19.2. The monoisotopic (exact) mass is 784 g/mol. The van der Waals surface area contributed by atoms with E-state index in [-0.39, 0.29) is 22.9 Å². The van der Waals surface area contributed by atoms with Crippen LogP contribution in [0.3, 0.4) is 0 Å². The number of rotatable bonds is 13. The van der Waals surface area contributed by atoms with E-state index in [2.05, 4.69) is 102 Å². The van der Waals surface area contributed by atoms with Gasteiger partial charge in [0.25, 0.3) is 0 Å². The molecule has 1 aliphatic carbocycles. The average molecular weight is 788 g/mol. The Bertz CT molecular complexity index is 1670. The Kier molecular flexibility index (Phi) is 14.0. The molecular weight excluding hydrogens is 741 g/mol. The molecule has 0 spiro atoms. The van der Waals surface area contributed by atoms with Gasteiger partial charge in [-0.25, -0.2) is 19.9 Å². The molecule has 0 bridgehead atoms. The van der Waals surface area contributed by atoms with Gasteiger partial charge < -0.3 is 9.47 Å². The molecule has 0 atom stereocenters. The molecule has 12 heteroatoms. The number of hydrogen-bond acceptors (Lipinski definition) is 5. The topological polar surface area (TPSA) is 59.7 Å². The SMILES string of the molecule is CCCCN(CCCC)c1ccc2nc(/C=C/C3=CC(=C/C=C/c4nc(C(Cl)(Cl)Cl)nc(C(Cl)(Cl)Cl)n4)/CC(C)(C)C3)n(CC(C)C)c2c1. The van der Waals surface area contributed by atoms with Gasteiger partial charge >= 0.3 is 0 Å². The quantitative estimate of drug-likeness (QED) is 0.162. The summed E-state index contributed by atoms with van der Waals surface area (Å²) in [6, 6.07) is 6.75. The molecule has 1 aromatic carbocycles. The molecule has 4 rings (SSSR count). The lowest BCUT2D eigenvalue weighted by atomic mass is 9.75. The summed E-state index contributed by atoms with van der Waals surface area (Å²) in [5, 5.41) is 0. The average Bonchev–Trinajstić information content (AvgIpc) is 3.34. The van der Waals surface area contributed by atoms with Gasteiger partial charge in [-0.3, -0.25) is 0 Å². The maximum atomic E-state index is 6.03. The lowest BCUT2D eigenvalue weighted by molar-refractivity contribution is 0.355. The highest BCUT2D eigenvalue weighted by Gasteiger charge is 2.33. The third-order valence-electron chi connectivity index (χ3n) is 8.14. The molecule has 0 N–H and O–H groups in total. The number of allylic oxidation sites excluding steroid dienone is 6. The van der Waals surface area contributed by atoms with Gasteiger partial charge in [0, 0.05) is 25.3 Å². The molecule has 0 radical (unpaired) electrons. The van der Waals surface area contributed by atoms with Crippen LogP contribution in [0, 0.1) is 11.3 Å². The van der Waals surface area contributed by atoms with Crippen molar-refractivity contribution in [1.29, 1.82) is 0 Å². The minimum Gasteiger partial charge on any atom is -0.371 e. The van der Waals surface area contributed by atoms with Gasteiger partial charge in [-0.2, -0.15) is 0 Å².